The van der Waals surface area contributed by atoms with Gasteiger partial charge in [-0.15, -0.1) is 13.2 Å². The lowest BCUT2D eigenvalue weighted by molar-refractivity contribution is -0.133. The molecule has 10 heavy (non-hydrogen) atoms. The molecule has 0 atom stereocenters. The van der Waals surface area contributed by atoms with Crippen molar-refractivity contribution >= 4 is 5.97 Å². The van der Waals surface area contributed by atoms with E-state index in [0.29, 0.717) is 0 Å². The fourth-order valence-electron chi connectivity index (χ4n) is 0.247. The van der Waals surface area contributed by atoms with Gasteiger partial charge in [0.1, 0.15) is 0 Å². The molecule has 0 bridgehead atoms. The standard InChI is InChI=1S/C6H10O2.C2H4/c1-4(2)5(3)6(7)8;1-2/h4H,3H2,1-2H3,(H,7,8);1-2H2. The van der Waals surface area contributed by atoms with Crippen LogP contribution in [0, 0.1) is 5.92 Å². The van der Waals surface area contributed by atoms with Crippen molar-refractivity contribution < 1.29 is 9.90 Å². The molecule has 0 aromatic heterocycles. The van der Waals surface area contributed by atoms with E-state index in [1.165, 1.54) is 0 Å². The Balaban J connectivity index is 0. The van der Waals surface area contributed by atoms with Crippen LogP contribution < -0.4 is 0 Å². The van der Waals surface area contributed by atoms with Crippen LogP contribution in [0.1, 0.15) is 13.8 Å². The maximum atomic E-state index is 10.0. The second-order valence-electron chi connectivity index (χ2n) is 1.99. The van der Waals surface area contributed by atoms with Crippen LogP contribution >= 0.6 is 0 Å². The van der Waals surface area contributed by atoms with E-state index >= 15 is 0 Å². The molecule has 0 aliphatic heterocycles. The summed E-state index contributed by atoms with van der Waals surface area (Å²) in [7, 11) is 0. The van der Waals surface area contributed by atoms with E-state index < -0.39 is 5.97 Å². The molecule has 0 spiro atoms. The third-order valence-corrected chi connectivity index (χ3v) is 0.972. The van der Waals surface area contributed by atoms with Gasteiger partial charge in [-0.05, 0) is 5.92 Å². The number of hydrogen-bond donors (Lipinski definition) is 1. The van der Waals surface area contributed by atoms with Gasteiger partial charge in [0.05, 0.1) is 0 Å². The van der Waals surface area contributed by atoms with Gasteiger partial charge in [0.15, 0.2) is 0 Å². The SMILES string of the molecule is C=C.C=C(C(=O)O)C(C)C. The van der Waals surface area contributed by atoms with E-state index in [9.17, 15) is 4.79 Å². The second-order valence-corrected chi connectivity index (χ2v) is 1.99. The topological polar surface area (TPSA) is 37.3 Å². The summed E-state index contributed by atoms with van der Waals surface area (Å²) in [6.07, 6.45) is 0. The highest BCUT2D eigenvalue weighted by Crippen LogP contribution is 2.04. The highest BCUT2D eigenvalue weighted by Gasteiger charge is 2.06. The lowest BCUT2D eigenvalue weighted by Crippen LogP contribution is -2.04. The molecule has 2 nitrogen and oxygen atoms in total. The van der Waals surface area contributed by atoms with Crippen LogP contribution in [0.25, 0.3) is 0 Å². The third-order valence-electron chi connectivity index (χ3n) is 0.972. The van der Waals surface area contributed by atoms with Crippen molar-refractivity contribution in [1.82, 2.24) is 0 Å². The fraction of sp³-hybridized carbons (Fsp3) is 0.375. The summed E-state index contributed by atoms with van der Waals surface area (Å²) < 4.78 is 0. The lowest BCUT2D eigenvalue weighted by Gasteiger charge is -2.00. The van der Waals surface area contributed by atoms with Crippen LogP contribution in [-0.2, 0) is 4.79 Å². The highest BCUT2D eigenvalue weighted by atomic mass is 16.4. The van der Waals surface area contributed by atoms with E-state index in [0.717, 1.165) is 0 Å². The average molecular weight is 142 g/mol. The van der Waals surface area contributed by atoms with Gasteiger partial charge in [-0.25, -0.2) is 4.79 Å². The van der Waals surface area contributed by atoms with Gasteiger partial charge in [-0.3, -0.25) is 0 Å². The van der Waals surface area contributed by atoms with Crippen molar-refractivity contribution in [3.8, 4) is 0 Å². The zero-order valence-electron chi connectivity index (χ0n) is 6.55. The van der Waals surface area contributed by atoms with E-state index in [4.69, 9.17) is 5.11 Å². The average Bonchev–Trinajstić information content (AvgIpc) is 1.90. The number of hydrogen-bond acceptors (Lipinski definition) is 1. The first-order valence-electron chi connectivity index (χ1n) is 2.97. The number of carbonyl (C=O) groups is 1. The first kappa shape index (κ1) is 11.7. The minimum absolute atomic E-state index is 0.0486. The maximum Gasteiger partial charge on any atom is 0.331 e. The minimum Gasteiger partial charge on any atom is -0.478 e. The zero-order chi connectivity index (χ0) is 8.73. The van der Waals surface area contributed by atoms with Crippen LogP contribution in [0.15, 0.2) is 25.3 Å². The van der Waals surface area contributed by atoms with Gasteiger partial charge in [0, 0.05) is 5.57 Å². The van der Waals surface area contributed by atoms with E-state index in [1.54, 1.807) is 13.8 Å². The first-order chi connectivity index (χ1) is 4.55. The molecule has 0 radical (unpaired) electrons. The normalized spacial score (nSPS) is 7.90. The van der Waals surface area contributed by atoms with Crippen LogP contribution in [0.5, 0.6) is 0 Å². The molecular formula is C8H14O2. The van der Waals surface area contributed by atoms with Crippen LogP contribution in [0.2, 0.25) is 0 Å². The van der Waals surface area contributed by atoms with Crippen molar-refractivity contribution in [3.05, 3.63) is 25.3 Å². The molecule has 0 aromatic rings. The number of carboxylic acids is 1. The molecule has 0 aromatic carbocycles. The second kappa shape index (κ2) is 6.08. The van der Waals surface area contributed by atoms with E-state index in [-0.39, 0.29) is 11.5 Å². The molecule has 58 valence electrons. The molecule has 0 saturated carbocycles. The quantitative estimate of drug-likeness (QED) is 0.473. The summed E-state index contributed by atoms with van der Waals surface area (Å²) in [4.78, 5) is 10.0. The van der Waals surface area contributed by atoms with Gasteiger partial charge in [0.2, 0.25) is 0 Å². The molecule has 1 N–H and O–H groups in total. The largest absolute Gasteiger partial charge is 0.478 e. The molecular weight excluding hydrogens is 128 g/mol. The Kier molecular flexibility index (Phi) is 7.12. The van der Waals surface area contributed by atoms with Gasteiger partial charge < -0.3 is 5.11 Å². The Morgan fingerprint density at radius 3 is 1.70 bits per heavy atom. The summed E-state index contributed by atoms with van der Waals surface area (Å²) in [5.41, 5.74) is 0.269. The molecule has 0 amide bonds. The predicted molar refractivity (Wildman–Crippen MR) is 42.9 cm³/mol. The summed E-state index contributed by atoms with van der Waals surface area (Å²) in [5, 5.41) is 8.25. The predicted octanol–water partition coefficient (Wildman–Crippen LogP) is 2.09. The maximum absolute atomic E-state index is 10.0. The lowest BCUT2D eigenvalue weighted by atomic mass is 10.1. The molecule has 0 fully saturated rings. The molecule has 0 saturated heterocycles. The first-order valence-corrected chi connectivity index (χ1v) is 2.97. The molecule has 2 heteroatoms. The number of aliphatic carboxylic acids is 1. The summed E-state index contributed by atoms with van der Waals surface area (Å²) in [6, 6.07) is 0. The monoisotopic (exact) mass is 142 g/mol. The molecule has 0 unspecified atom stereocenters. The summed E-state index contributed by atoms with van der Waals surface area (Å²) in [5.74, 6) is -0.854. The highest BCUT2D eigenvalue weighted by molar-refractivity contribution is 5.86. The summed E-state index contributed by atoms with van der Waals surface area (Å²) >= 11 is 0. The van der Waals surface area contributed by atoms with Gasteiger partial charge in [-0.1, -0.05) is 20.4 Å². The molecule has 0 aliphatic carbocycles. The van der Waals surface area contributed by atoms with E-state index in [1.807, 2.05) is 0 Å². The van der Waals surface area contributed by atoms with Crippen molar-refractivity contribution in [2.24, 2.45) is 5.92 Å². The van der Waals surface area contributed by atoms with Gasteiger partial charge in [-0.2, -0.15) is 0 Å². The molecule has 0 aliphatic rings. The minimum atomic E-state index is -0.903. The molecule has 0 heterocycles. The van der Waals surface area contributed by atoms with Gasteiger partial charge in [0.25, 0.3) is 0 Å². The van der Waals surface area contributed by atoms with Crippen LogP contribution in [-0.4, -0.2) is 11.1 Å². The van der Waals surface area contributed by atoms with Crippen molar-refractivity contribution in [2.75, 3.05) is 0 Å². The fourth-order valence-corrected chi connectivity index (χ4v) is 0.247. The Bertz CT molecular complexity index is 125. The Morgan fingerprint density at radius 1 is 1.40 bits per heavy atom. The number of carboxylic acid groups (broad SMARTS) is 1. The third kappa shape index (κ3) is 5.09. The van der Waals surface area contributed by atoms with Crippen molar-refractivity contribution in [3.63, 3.8) is 0 Å². The Morgan fingerprint density at radius 2 is 1.70 bits per heavy atom. The van der Waals surface area contributed by atoms with Crippen LogP contribution in [0.3, 0.4) is 0 Å². The van der Waals surface area contributed by atoms with Crippen molar-refractivity contribution in [2.45, 2.75) is 13.8 Å². The smallest absolute Gasteiger partial charge is 0.331 e. The molecule has 0 rings (SSSR count). The Labute approximate surface area is 61.9 Å². The zero-order valence-corrected chi connectivity index (χ0v) is 6.55. The Hall–Kier alpha value is -1.05. The van der Waals surface area contributed by atoms with Gasteiger partial charge >= 0.3 is 5.97 Å². The summed E-state index contributed by atoms with van der Waals surface area (Å²) in [6.45, 7) is 13.0. The number of rotatable bonds is 2. The van der Waals surface area contributed by atoms with Crippen molar-refractivity contribution in [1.29, 1.82) is 0 Å². The van der Waals surface area contributed by atoms with E-state index in [2.05, 4.69) is 19.7 Å². The van der Waals surface area contributed by atoms with Crippen LogP contribution in [0.4, 0.5) is 0 Å².